The second-order valence-electron chi connectivity index (χ2n) is 4.14. The summed E-state index contributed by atoms with van der Waals surface area (Å²) in [4.78, 5) is 4.27. The van der Waals surface area contributed by atoms with Gasteiger partial charge in [0.1, 0.15) is 5.75 Å². The molecule has 0 saturated heterocycles. The molecule has 0 unspecified atom stereocenters. The van der Waals surface area contributed by atoms with Gasteiger partial charge in [-0.15, -0.1) is 5.10 Å². The smallest absolute Gasteiger partial charge is 0.207 e. The first kappa shape index (κ1) is 13.3. The van der Waals surface area contributed by atoms with Crippen molar-refractivity contribution < 1.29 is 4.74 Å². The fraction of sp³-hybridized carbons (Fsp3) is 0.143. The lowest BCUT2D eigenvalue weighted by Gasteiger charge is -2.09. The van der Waals surface area contributed by atoms with Gasteiger partial charge in [0.2, 0.25) is 5.16 Å². The zero-order valence-electron chi connectivity index (χ0n) is 11.0. The van der Waals surface area contributed by atoms with Gasteiger partial charge in [0.15, 0.2) is 0 Å². The van der Waals surface area contributed by atoms with Crippen LogP contribution in [0, 0.1) is 0 Å². The molecule has 0 fully saturated rings. The Morgan fingerprint density at radius 2 is 2.10 bits per heavy atom. The molecule has 3 aromatic rings. The molecule has 0 spiro atoms. The van der Waals surface area contributed by atoms with Crippen molar-refractivity contribution in [3.8, 4) is 17.0 Å². The summed E-state index contributed by atoms with van der Waals surface area (Å²) >= 11 is 7.60. The van der Waals surface area contributed by atoms with Crippen molar-refractivity contribution in [1.82, 2.24) is 14.6 Å². The van der Waals surface area contributed by atoms with Crippen LogP contribution in [0.5, 0.6) is 5.75 Å². The molecule has 1 aromatic carbocycles. The van der Waals surface area contributed by atoms with E-state index < -0.39 is 0 Å². The maximum absolute atomic E-state index is 6.10. The Morgan fingerprint density at radius 1 is 1.25 bits per heavy atom. The minimum absolute atomic E-state index is 0.662. The number of hydrogen-bond donors (Lipinski definition) is 0. The highest BCUT2D eigenvalue weighted by molar-refractivity contribution is 7.98. The highest BCUT2D eigenvalue weighted by atomic mass is 35.5. The highest BCUT2D eigenvalue weighted by Gasteiger charge is 2.12. The van der Waals surface area contributed by atoms with Crippen LogP contribution in [0.4, 0.5) is 0 Å². The second kappa shape index (κ2) is 5.34. The minimum Gasteiger partial charge on any atom is -0.496 e. The topological polar surface area (TPSA) is 39.4 Å². The lowest BCUT2D eigenvalue weighted by Crippen LogP contribution is -1.98. The van der Waals surface area contributed by atoms with Gasteiger partial charge in [-0.2, -0.15) is 0 Å². The molecule has 0 N–H and O–H groups in total. The Bertz CT molecular complexity index is 772. The lowest BCUT2D eigenvalue weighted by atomic mass is 10.1. The molecule has 0 radical (unpaired) electrons. The largest absolute Gasteiger partial charge is 0.496 e. The standard InChI is InChI=1S/C14H12ClN3OS/c1-19-13-6-3-9(15)7-11(13)12-5-4-10-8-16-14(20-2)17-18(10)12/h3-8H,1-2H3. The first-order valence-corrected chi connectivity index (χ1v) is 7.56. The van der Waals surface area contributed by atoms with Gasteiger partial charge in [-0.25, -0.2) is 9.50 Å². The van der Waals surface area contributed by atoms with Crippen LogP contribution in [-0.4, -0.2) is 28.0 Å². The fourth-order valence-corrected chi connectivity index (χ4v) is 2.56. The van der Waals surface area contributed by atoms with Gasteiger partial charge in [-0.1, -0.05) is 23.4 Å². The number of aromatic nitrogens is 3. The molecule has 6 heteroatoms. The van der Waals surface area contributed by atoms with Crippen LogP contribution in [0.25, 0.3) is 16.8 Å². The van der Waals surface area contributed by atoms with E-state index in [-0.39, 0.29) is 0 Å². The summed E-state index contributed by atoms with van der Waals surface area (Å²) < 4.78 is 7.26. The average Bonchev–Trinajstić information content (AvgIpc) is 2.89. The number of rotatable bonds is 3. The Morgan fingerprint density at radius 3 is 2.85 bits per heavy atom. The van der Waals surface area contributed by atoms with Gasteiger partial charge >= 0.3 is 0 Å². The van der Waals surface area contributed by atoms with E-state index in [0.29, 0.717) is 5.02 Å². The Balaban J connectivity index is 2.26. The predicted octanol–water partition coefficient (Wildman–Crippen LogP) is 3.78. The number of halogens is 1. The molecule has 0 atom stereocenters. The first-order valence-electron chi connectivity index (χ1n) is 5.95. The summed E-state index contributed by atoms with van der Waals surface area (Å²) in [5, 5.41) is 5.89. The molecule has 20 heavy (non-hydrogen) atoms. The van der Waals surface area contributed by atoms with Gasteiger partial charge in [0.05, 0.1) is 24.5 Å². The van der Waals surface area contributed by atoms with E-state index in [4.69, 9.17) is 16.3 Å². The van der Waals surface area contributed by atoms with Gasteiger partial charge in [0.25, 0.3) is 0 Å². The molecular formula is C14H12ClN3OS. The Kier molecular flexibility index (Phi) is 3.54. The molecule has 0 aliphatic rings. The van der Waals surface area contributed by atoms with E-state index in [1.165, 1.54) is 11.8 Å². The number of fused-ring (bicyclic) bond motifs is 1. The number of nitrogens with zero attached hydrogens (tertiary/aromatic N) is 3. The number of hydrogen-bond acceptors (Lipinski definition) is 4. The molecule has 0 aliphatic heterocycles. The van der Waals surface area contributed by atoms with Crippen LogP contribution in [0.2, 0.25) is 5.02 Å². The summed E-state index contributed by atoms with van der Waals surface area (Å²) in [5.41, 5.74) is 2.77. The van der Waals surface area contributed by atoms with Crippen molar-refractivity contribution in [1.29, 1.82) is 0 Å². The maximum atomic E-state index is 6.10. The van der Waals surface area contributed by atoms with E-state index in [1.807, 2.05) is 41.1 Å². The van der Waals surface area contributed by atoms with Crippen molar-refractivity contribution in [2.24, 2.45) is 0 Å². The number of thioether (sulfide) groups is 1. The van der Waals surface area contributed by atoms with Crippen molar-refractivity contribution in [3.63, 3.8) is 0 Å². The van der Waals surface area contributed by atoms with Gasteiger partial charge in [-0.3, -0.25) is 0 Å². The van der Waals surface area contributed by atoms with Crippen LogP contribution in [0.1, 0.15) is 0 Å². The molecule has 3 rings (SSSR count). The molecule has 102 valence electrons. The summed E-state index contributed by atoms with van der Waals surface area (Å²) in [5.74, 6) is 0.763. The average molecular weight is 306 g/mol. The molecule has 4 nitrogen and oxygen atoms in total. The van der Waals surface area contributed by atoms with Crippen LogP contribution in [0.3, 0.4) is 0 Å². The van der Waals surface area contributed by atoms with Crippen molar-refractivity contribution in [2.45, 2.75) is 5.16 Å². The summed E-state index contributed by atoms with van der Waals surface area (Å²) in [6, 6.07) is 9.50. The van der Waals surface area contributed by atoms with E-state index in [1.54, 1.807) is 13.3 Å². The number of methoxy groups -OCH3 is 1. The quantitative estimate of drug-likeness (QED) is 0.690. The van der Waals surface area contributed by atoms with Crippen LogP contribution in [0.15, 0.2) is 41.7 Å². The SMILES string of the molecule is COc1ccc(Cl)cc1-c1ccc2cnc(SC)nn12. The molecule has 0 amide bonds. The van der Waals surface area contributed by atoms with Crippen molar-refractivity contribution >= 4 is 28.9 Å². The van der Waals surface area contributed by atoms with E-state index in [0.717, 1.165) is 27.7 Å². The molecule has 0 saturated carbocycles. The third-order valence-electron chi connectivity index (χ3n) is 3.00. The normalized spacial score (nSPS) is 10.9. The van der Waals surface area contributed by atoms with E-state index in [9.17, 15) is 0 Å². The Labute approximate surface area is 125 Å². The zero-order valence-corrected chi connectivity index (χ0v) is 12.6. The van der Waals surface area contributed by atoms with E-state index in [2.05, 4.69) is 10.1 Å². The fourth-order valence-electron chi connectivity index (χ4n) is 2.06. The number of benzene rings is 1. The van der Waals surface area contributed by atoms with Gasteiger partial charge in [-0.05, 0) is 36.6 Å². The summed E-state index contributed by atoms with van der Waals surface area (Å²) in [7, 11) is 1.64. The minimum atomic E-state index is 0.662. The van der Waals surface area contributed by atoms with Crippen LogP contribution < -0.4 is 4.74 Å². The second-order valence-corrected chi connectivity index (χ2v) is 5.35. The molecule has 2 heterocycles. The Hall–Kier alpha value is -1.72. The third-order valence-corrected chi connectivity index (χ3v) is 3.78. The molecule has 0 aliphatic carbocycles. The summed E-state index contributed by atoms with van der Waals surface area (Å²) in [6.45, 7) is 0. The van der Waals surface area contributed by atoms with Gasteiger partial charge in [0, 0.05) is 10.6 Å². The van der Waals surface area contributed by atoms with E-state index >= 15 is 0 Å². The van der Waals surface area contributed by atoms with Gasteiger partial charge < -0.3 is 4.74 Å². The third kappa shape index (κ3) is 2.23. The highest BCUT2D eigenvalue weighted by Crippen LogP contribution is 2.33. The molecular weight excluding hydrogens is 294 g/mol. The lowest BCUT2D eigenvalue weighted by molar-refractivity contribution is 0.416. The first-order chi connectivity index (χ1) is 9.72. The molecule has 2 aromatic heterocycles. The number of ether oxygens (including phenoxy) is 1. The zero-order chi connectivity index (χ0) is 14.1. The van der Waals surface area contributed by atoms with Crippen molar-refractivity contribution in [2.75, 3.05) is 13.4 Å². The predicted molar refractivity (Wildman–Crippen MR) is 81.8 cm³/mol. The molecule has 0 bridgehead atoms. The van der Waals surface area contributed by atoms with Crippen LogP contribution in [-0.2, 0) is 0 Å². The van der Waals surface area contributed by atoms with Crippen LogP contribution >= 0.6 is 23.4 Å². The van der Waals surface area contributed by atoms with Crippen molar-refractivity contribution in [3.05, 3.63) is 41.6 Å². The summed E-state index contributed by atoms with van der Waals surface area (Å²) in [6.07, 6.45) is 3.75. The monoisotopic (exact) mass is 305 g/mol. The maximum Gasteiger partial charge on any atom is 0.207 e.